The van der Waals surface area contributed by atoms with Gasteiger partial charge in [-0.05, 0) is 30.5 Å². The molecular weight excluding hydrogens is 225 g/mol. The lowest BCUT2D eigenvalue weighted by atomic mass is 10.2. The lowest BCUT2D eigenvalue weighted by Gasteiger charge is -2.16. The third-order valence-corrected chi connectivity index (χ3v) is 3.25. The Hall–Kier alpha value is -1.03. The van der Waals surface area contributed by atoms with E-state index in [0.717, 1.165) is 19.5 Å². The summed E-state index contributed by atoms with van der Waals surface area (Å²) in [7, 11) is 0. The van der Waals surface area contributed by atoms with Gasteiger partial charge in [-0.1, -0.05) is 6.92 Å². The van der Waals surface area contributed by atoms with E-state index in [0.29, 0.717) is 11.5 Å². The highest BCUT2D eigenvalue weighted by Crippen LogP contribution is 2.20. The molecule has 0 radical (unpaired) electrons. The zero-order valence-electron chi connectivity index (χ0n) is 9.11. The molecule has 1 unspecified atom stereocenters. The first-order valence-corrected chi connectivity index (χ1v) is 5.80. The van der Waals surface area contributed by atoms with Crippen molar-refractivity contribution < 1.29 is 9.18 Å². The smallest absolute Gasteiger partial charge is 0.253 e. The van der Waals surface area contributed by atoms with Crippen LogP contribution in [-0.4, -0.2) is 23.9 Å². The first-order valence-electron chi connectivity index (χ1n) is 5.35. The van der Waals surface area contributed by atoms with Gasteiger partial charge < -0.3 is 4.90 Å². The number of thiol groups is 1. The van der Waals surface area contributed by atoms with Gasteiger partial charge in [-0.3, -0.25) is 4.79 Å². The van der Waals surface area contributed by atoms with Crippen molar-refractivity contribution in [1.29, 1.82) is 0 Å². The van der Waals surface area contributed by atoms with E-state index < -0.39 is 5.82 Å². The Morgan fingerprint density at radius 3 is 2.88 bits per heavy atom. The summed E-state index contributed by atoms with van der Waals surface area (Å²) in [5.41, 5.74) is 0.514. The molecule has 1 aliphatic rings. The predicted molar refractivity (Wildman–Crippen MR) is 63.3 cm³/mol. The van der Waals surface area contributed by atoms with Gasteiger partial charge in [0.05, 0.1) is 0 Å². The summed E-state index contributed by atoms with van der Waals surface area (Å²) >= 11 is 3.98. The second-order valence-electron chi connectivity index (χ2n) is 4.31. The number of nitrogens with zero attached hydrogens (tertiary/aromatic N) is 1. The summed E-state index contributed by atoms with van der Waals surface area (Å²) in [6, 6.07) is 4.29. The van der Waals surface area contributed by atoms with Crippen molar-refractivity contribution in [2.24, 2.45) is 5.92 Å². The van der Waals surface area contributed by atoms with Crippen LogP contribution in [0, 0.1) is 11.7 Å². The molecular formula is C12H14FNOS. The Balaban J connectivity index is 2.18. The molecule has 1 aromatic carbocycles. The number of rotatable bonds is 1. The van der Waals surface area contributed by atoms with Gasteiger partial charge in [0, 0.05) is 23.5 Å². The fourth-order valence-corrected chi connectivity index (χ4v) is 2.16. The summed E-state index contributed by atoms with van der Waals surface area (Å²) in [5.74, 6) is 0.134. The Morgan fingerprint density at radius 1 is 1.56 bits per heavy atom. The lowest BCUT2D eigenvalue weighted by Crippen LogP contribution is -2.28. The van der Waals surface area contributed by atoms with E-state index in [4.69, 9.17) is 0 Å². The van der Waals surface area contributed by atoms with Gasteiger partial charge in [0.2, 0.25) is 0 Å². The fourth-order valence-electron chi connectivity index (χ4n) is 1.95. The molecule has 1 atom stereocenters. The fraction of sp³-hybridized carbons (Fsp3) is 0.417. The molecule has 16 heavy (non-hydrogen) atoms. The molecule has 2 rings (SSSR count). The molecule has 1 fully saturated rings. The Morgan fingerprint density at radius 2 is 2.31 bits per heavy atom. The monoisotopic (exact) mass is 239 g/mol. The third kappa shape index (κ3) is 2.21. The maximum absolute atomic E-state index is 13.0. The highest BCUT2D eigenvalue weighted by atomic mass is 32.1. The minimum Gasteiger partial charge on any atom is -0.338 e. The van der Waals surface area contributed by atoms with Gasteiger partial charge in [0.15, 0.2) is 0 Å². The van der Waals surface area contributed by atoms with Crippen LogP contribution in [0.5, 0.6) is 0 Å². The highest BCUT2D eigenvalue weighted by Gasteiger charge is 2.24. The Kier molecular flexibility index (Phi) is 3.19. The first-order chi connectivity index (χ1) is 7.58. The van der Waals surface area contributed by atoms with Crippen molar-refractivity contribution >= 4 is 18.5 Å². The maximum atomic E-state index is 13.0. The van der Waals surface area contributed by atoms with Crippen LogP contribution in [0.3, 0.4) is 0 Å². The normalized spacial score (nSPS) is 20.2. The molecule has 86 valence electrons. The van der Waals surface area contributed by atoms with Crippen LogP contribution >= 0.6 is 12.6 Å². The molecule has 0 aromatic heterocycles. The van der Waals surface area contributed by atoms with Crippen molar-refractivity contribution in [2.75, 3.05) is 13.1 Å². The predicted octanol–water partition coefficient (Wildman–Crippen LogP) is 2.60. The largest absolute Gasteiger partial charge is 0.338 e. The molecule has 0 aliphatic carbocycles. The van der Waals surface area contributed by atoms with Crippen molar-refractivity contribution in [3.8, 4) is 0 Å². The van der Waals surface area contributed by atoms with Crippen LogP contribution in [0.1, 0.15) is 23.7 Å². The molecule has 1 aromatic rings. The average molecular weight is 239 g/mol. The number of benzene rings is 1. The summed E-state index contributed by atoms with van der Waals surface area (Å²) in [6.45, 7) is 3.71. The highest BCUT2D eigenvalue weighted by molar-refractivity contribution is 7.80. The SMILES string of the molecule is CC1CCN(C(=O)c2ccc(F)c(S)c2)C1. The van der Waals surface area contributed by atoms with E-state index in [-0.39, 0.29) is 10.8 Å². The van der Waals surface area contributed by atoms with E-state index in [9.17, 15) is 9.18 Å². The van der Waals surface area contributed by atoms with E-state index in [1.165, 1.54) is 18.2 Å². The van der Waals surface area contributed by atoms with Crippen LogP contribution in [0.4, 0.5) is 4.39 Å². The molecule has 2 nitrogen and oxygen atoms in total. The van der Waals surface area contributed by atoms with Gasteiger partial charge in [-0.2, -0.15) is 0 Å². The average Bonchev–Trinajstić information content (AvgIpc) is 2.68. The zero-order chi connectivity index (χ0) is 11.7. The maximum Gasteiger partial charge on any atom is 0.253 e. The van der Waals surface area contributed by atoms with Gasteiger partial charge in [-0.25, -0.2) is 4.39 Å². The number of amides is 1. The summed E-state index contributed by atoms with van der Waals surface area (Å²) in [4.78, 5) is 14.1. The van der Waals surface area contributed by atoms with Crippen LogP contribution in [-0.2, 0) is 0 Å². The third-order valence-electron chi connectivity index (χ3n) is 2.90. The topological polar surface area (TPSA) is 20.3 Å². The van der Waals surface area contributed by atoms with E-state index >= 15 is 0 Å². The van der Waals surface area contributed by atoms with Gasteiger partial charge in [-0.15, -0.1) is 12.6 Å². The molecule has 0 spiro atoms. The molecule has 0 saturated carbocycles. The molecule has 1 amide bonds. The number of hydrogen-bond donors (Lipinski definition) is 1. The van der Waals surface area contributed by atoms with E-state index in [2.05, 4.69) is 19.6 Å². The number of hydrogen-bond acceptors (Lipinski definition) is 2. The van der Waals surface area contributed by atoms with E-state index in [1.807, 2.05) is 4.90 Å². The van der Waals surface area contributed by atoms with Gasteiger partial charge in [0.25, 0.3) is 5.91 Å². The van der Waals surface area contributed by atoms with Crippen molar-refractivity contribution in [3.63, 3.8) is 0 Å². The molecule has 1 saturated heterocycles. The number of likely N-dealkylation sites (tertiary alicyclic amines) is 1. The molecule has 4 heteroatoms. The van der Waals surface area contributed by atoms with Crippen LogP contribution < -0.4 is 0 Å². The van der Waals surface area contributed by atoms with E-state index in [1.54, 1.807) is 0 Å². The van der Waals surface area contributed by atoms with Gasteiger partial charge >= 0.3 is 0 Å². The summed E-state index contributed by atoms with van der Waals surface area (Å²) in [6.07, 6.45) is 1.04. The van der Waals surface area contributed by atoms with Crippen LogP contribution in [0.15, 0.2) is 23.1 Å². The number of halogens is 1. The quantitative estimate of drug-likeness (QED) is 0.747. The molecule has 1 heterocycles. The standard InChI is InChI=1S/C12H14FNOS/c1-8-4-5-14(7-8)12(15)9-2-3-10(13)11(16)6-9/h2-3,6,8,16H,4-5,7H2,1H3. The summed E-state index contributed by atoms with van der Waals surface area (Å²) < 4.78 is 13.0. The van der Waals surface area contributed by atoms with Crippen molar-refractivity contribution in [1.82, 2.24) is 4.90 Å². The molecule has 0 N–H and O–H groups in total. The second-order valence-corrected chi connectivity index (χ2v) is 4.79. The second kappa shape index (κ2) is 4.45. The minimum absolute atomic E-state index is 0.0281. The van der Waals surface area contributed by atoms with Crippen LogP contribution in [0.2, 0.25) is 0 Å². The van der Waals surface area contributed by atoms with Crippen molar-refractivity contribution in [2.45, 2.75) is 18.2 Å². The van der Waals surface area contributed by atoms with Gasteiger partial charge in [0.1, 0.15) is 5.82 Å². The van der Waals surface area contributed by atoms with Crippen molar-refractivity contribution in [3.05, 3.63) is 29.6 Å². The summed E-state index contributed by atoms with van der Waals surface area (Å²) in [5, 5.41) is 0. The zero-order valence-corrected chi connectivity index (χ0v) is 10.0. The van der Waals surface area contributed by atoms with Crippen LogP contribution in [0.25, 0.3) is 0 Å². The molecule has 1 aliphatic heterocycles. The Bertz CT molecular complexity index is 421. The number of carbonyl (C=O) groups is 1. The first kappa shape index (κ1) is 11.5. The lowest BCUT2D eigenvalue weighted by molar-refractivity contribution is 0.0788. The minimum atomic E-state index is -0.394. The molecule has 0 bridgehead atoms. The Labute approximate surface area is 99.9 Å². The number of carbonyl (C=O) groups excluding carboxylic acids is 1.